The summed E-state index contributed by atoms with van der Waals surface area (Å²) in [5.74, 6) is 0.727. The molecule has 0 bridgehead atoms. The summed E-state index contributed by atoms with van der Waals surface area (Å²) in [6.45, 7) is 4.23. The first-order valence-corrected chi connectivity index (χ1v) is 8.85. The quantitative estimate of drug-likeness (QED) is 0.465. The lowest BCUT2D eigenvalue weighted by Gasteiger charge is -2.13. The van der Waals surface area contributed by atoms with Crippen LogP contribution in [-0.2, 0) is 0 Å². The van der Waals surface area contributed by atoms with Gasteiger partial charge in [-0.05, 0) is 55.3 Å². The van der Waals surface area contributed by atoms with Gasteiger partial charge in [0, 0.05) is 27.0 Å². The lowest BCUT2D eigenvalue weighted by molar-refractivity contribution is 1.06. The van der Waals surface area contributed by atoms with Crippen LogP contribution in [0, 0.1) is 13.8 Å². The van der Waals surface area contributed by atoms with Crippen molar-refractivity contribution in [2.24, 2.45) is 0 Å². The normalized spacial score (nSPS) is 10.9. The van der Waals surface area contributed by atoms with Crippen molar-refractivity contribution < 1.29 is 0 Å². The van der Waals surface area contributed by atoms with E-state index in [9.17, 15) is 0 Å². The maximum Gasteiger partial charge on any atom is 0.161 e. The van der Waals surface area contributed by atoms with Gasteiger partial charge in [-0.2, -0.15) is 0 Å². The molecule has 4 aromatic rings. The largest absolute Gasteiger partial charge is 0.338 e. The number of nitrogens with one attached hydrogen (secondary N) is 1. The molecule has 0 fully saturated rings. The summed E-state index contributed by atoms with van der Waals surface area (Å²) < 4.78 is 0. The maximum absolute atomic E-state index is 6.10. The zero-order valence-corrected chi connectivity index (χ0v) is 15.4. The summed E-state index contributed by atoms with van der Waals surface area (Å²) in [5, 5.41) is 15.2. The molecule has 1 heterocycles. The summed E-state index contributed by atoms with van der Waals surface area (Å²) >= 11 is 6.10. The van der Waals surface area contributed by atoms with Crippen LogP contribution in [0.2, 0.25) is 5.02 Å². The second kappa shape index (κ2) is 6.77. The number of aryl methyl sites for hydroxylation is 2. The zero-order valence-electron chi connectivity index (χ0n) is 14.6. The van der Waals surface area contributed by atoms with E-state index in [2.05, 4.69) is 53.6 Å². The number of fused-ring (bicyclic) bond motifs is 1. The van der Waals surface area contributed by atoms with Gasteiger partial charge in [0.1, 0.15) is 5.69 Å². The van der Waals surface area contributed by atoms with Crippen LogP contribution in [0.1, 0.15) is 11.1 Å². The molecule has 1 N–H and O–H groups in total. The molecule has 1 aromatic heterocycles. The van der Waals surface area contributed by atoms with Gasteiger partial charge in [0.05, 0.1) is 0 Å². The van der Waals surface area contributed by atoms with Gasteiger partial charge in [-0.1, -0.05) is 48.0 Å². The molecule has 0 unspecified atom stereocenters. The van der Waals surface area contributed by atoms with E-state index in [1.54, 1.807) is 0 Å². The van der Waals surface area contributed by atoms with Gasteiger partial charge < -0.3 is 5.32 Å². The highest BCUT2D eigenvalue weighted by molar-refractivity contribution is 6.30. The van der Waals surface area contributed by atoms with Crippen LogP contribution in [0.5, 0.6) is 0 Å². The van der Waals surface area contributed by atoms with Crippen molar-refractivity contribution in [1.29, 1.82) is 0 Å². The summed E-state index contributed by atoms with van der Waals surface area (Å²) in [4.78, 5) is 0. The number of nitrogens with zero attached hydrogens (tertiary/aromatic N) is 2. The first-order chi connectivity index (χ1) is 12.6. The van der Waals surface area contributed by atoms with E-state index >= 15 is 0 Å². The molecule has 26 heavy (non-hydrogen) atoms. The van der Waals surface area contributed by atoms with Crippen molar-refractivity contribution in [2.45, 2.75) is 13.8 Å². The standard InChI is InChI=1S/C22H18ClN3/c1-14-11-19-20(12-15(14)2)22(24-18-10-6-9-17(23)13-18)26-25-21(19)16-7-4-3-5-8-16/h3-13H,1-2H3,(H,24,26). The molecule has 4 rings (SSSR count). The van der Waals surface area contributed by atoms with E-state index in [4.69, 9.17) is 11.6 Å². The highest BCUT2D eigenvalue weighted by Gasteiger charge is 2.13. The Bertz CT molecular complexity index is 1090. The molecule has 0 aliphatic heterocycles. The fraction of sp³-hybridized carbons (Fsp3) is 0.0909. The highest BCUT2D eigenvalue weighted by Crippen LogP contribution is 2.33. The van der Waals surface area contributed by atoms with Gasteiger partial charge in [0.25, 0.3) is 0 Å². The second-order valence-electron chi connectivity index (χ2n) is 6.38. The van der Waals surface area contributed by atoms with Gasteiger partial charge in [0.15, 0.2) is 5.82 Å². The van der Waals surface area contributed by atoms with Crippen LogP contribution in [0.3, 0.4) is 0 Å². The molecule has 0 spiro atoms. The van der Waals surface area contributed by atoms with Crippen molar-refractivity contribution in [3.63, 3.8) is 0 Å². The van der Waals surface area contributed by atoms with E-state index in [0.717, 1.165) is 33.5 Å². The van der Waals surface area contributed by atoms with Crippen LogP contribution < -0.4 is 5.32 Å². The average Bonchev–Trinajstić information content (AvgIpc) is 2.64. The topological polar surface area (TPSA) is 37.8 Å². The molecule has 0 saturated heterocycles. The number of anilines is 2. The van der Waals surface area contributed by atoms with E-state index in [1.165, 1.54) is 11.1 Å². The maximum atomic E-state index is 6.10. The minimum absolute atomic E-state index is 0.681. The van der Waals surface area contributed by atoms with Crippen LogP contribution in [0.25, 0.3) is 22.0 Å². The molecule has 0 amide bonds. The van der Waals surface area contributed by atoms with Crippen molar-refractivity contribution in [2.75, 3.05) is 5.32 Å². The Morgan fingerprint density at radius 1 is 0.769 bits per heavy atom. The van der Waals surface area contributed by atoms with Crippen LogP contribution in [-0.4, -0.2) is 10.2 Å². The molecule has 4 heteroatoms. The van der Waals surface area contributed by atoms with Gasteiger partial charge in [0.2, 0.25) is 0 Å². The third kappa shape index (κ3) is 3.14. The Hall–Kier alpha value is -2.91. The molecule has 0 aliphatic rings. The van der Waals surface area contributed by atoms with Gasteiger partial charge in [-0.15, -0.1) is 10.2 Å². The molecule has 128 valence electrons. The van der Waals surface area contributed by atoms with Crippen molar-refractivity contribution in [3.8, 4) is 11.3 Å². The first-order valence-electron chi connectivity index (χ1n) is 8.47. The van der Waals surface area contributed by atoms with Crippen molar-refractivity contribution >= 4 is 33.9 Å². The number of rotatable bonds is 3. The van der Waals surface area contributed by atoms with E-state index in [0.29, 0.717) is 5.02 Å². The zero-order chi connectivity index (χ0) is 18.1. The number of aromatic nitrogens is 2. The van der Waals surface area contributed by atoms with Crippen LogP contribution in [0.4, 0.5) is 11.5 Å². The molecule has 3 aromatic carbocycles. The number of hydrogen-bond acceptors (Lipinski definition) is 3. The molecule has 3 nitrogen and oxygen atoms in total. The molecule has 0 saturated carbocycles. The predicted octanol–water partition coefficient (Wildman–Crippen LogP) is 6.31. The summed E-state index contributed by atoms with van der Waals surface area (Å²) in [7, 11) is 0. The van der Waals surface area contributed by atoms with Gasteiger partial charge in [-0.25, -0.2) is 0 Å². The Kier molecular flexibility index (Phi) is 4.31. The van der Waals surface area contributed by atoms with Crippen LogP contribution >= 0.6 is 11.6 Å². The fourth-order valence-electron chi connectivity index (χ4n) is 3.02. The molecular formula is C22H18ClN3. The predicted molar refractivity (Wildman–Crippen MR) is 109 cm³/mol. The van der Waals surface area contributed by atoms with Crippen molar-refractivity contribution in [1.82, 2.24) is 10.2 Å². The number of hydrogen-bond donors (Lipinski definition) is 1. The van der Waals surface area contributed by atoms with Gasteiger partial charge in [-0.3, -0.25) is 0 Å². The van der Waals surface area contributed by atoms with E-state index < -0.39 is 0 Å². The Balaban J connectivity index is 1.91. The van der Waals surface area contributed by atoms with Gasteiger partial charge >= 0.3 is 0 Å². The molecule has 0 radical (unpaired) electrons. The highest BCUT2D eigenvalue weighted by atomic mass is 35.5. The molecule has 0 aliphatic carbocycles. The number of benzene rings is 3. The molecular weight excluding hydrogens is 342 g/mol. The summed E-state index contributed by atoms with van der Waals surface area (Å²) in [5.41, 5.74) is 5.29. The minimum Gasteiger partial charge on any atom is -0.338 e. The minimum atomic E-state index is 0.681. The second-order valence-corrected chi connectivity index (χ2v) is 6.82. The SMILES string of the molecule is Cc1cc2c(Nc3cccc(Cl)c3)nnc(-c3ccccc3)c2cc1C. The summed E-state index contributed by atoms with van der Waals surface area (Å²) in [6.07, 6.45) is 0. The Morgan fingerprint density at radius 3 is 2.23 bits per heavy atom. The average molecular weight is 360 g/mol. The van der Waals surface area contributed by atoms with E-state index in [-0.39, 0.29) is 0 Å². The number of halogens is 1. The third-order valence-electron chi connectivity index (χ3n) is 4.53. The summed E-state index contributed by atoms with van der Waals surface area (Å²) in [6, 6.07) is 22.1. The third-order valence-corrected chi connectivity index (χ3v) is 4.76. The molecule has 0 atom stereocenters. The lowest BCUT2D eigenvalue weighted by Crippen LogP contribution is -2.00. The first kappa shape index (κ1) is 16.6. The smallest absolute Gasteiger partial charge is 0.161 e. The van der Waals surface area contributed by atoms with E-state index in [1.807, 2.05) is 42.5 Å². The monoisotopic (exact) mass is 359 g/mol. The fourth-order valence-corrected chi connectivity index (χ4v) is 3.21. The lowest BCUT2D eigenvalue weighted by atomic mass is 9.99. The van der Waals surface area contributed by atoms with Crippen molar-refractivity contribution in [3.05, 3.63) is 82.9 Å². The Labute approximate surface area is 157 Å². The van der Waals surface area contributed by atoms with Crippen LogP contribution in [0.15, 0.2) is 66.7 Å². The Morgan fingerprint density at radius 2 is 1.50 bits per heavy atom.